The van der Waals surface area contributed by atoms with E-state index >= 15 is 0 Å². The zero-order chi connectivity index (χ0) is 22.3. The van der Waals surface area contributed by atoms with Crippen molar-refractivity contribution in [3.63, 3.8) is 0 Å². The third-order valence-corrected chi connectivity index (χ3v) is 4.00. The number of non-ortho nitro benzene ring substituents is 1. The number of esters is 1. The van der Waals surface area contributed by atoms with Crippen LogP contribution < -0.4 is 19.5 Å². The molecule has 0 radical (unpaired) electrons. The second-order valence-corrected chi connectivity index (χ2v) is 5.98. The maximum absolute atomic E-state index is 12.4. The van der Waals surface area contributed by atoms with Gasteiger partial charge in [-0.15, -0.1) is 0 Å². The molecule has 10 heteroatoms. The van der Waals surface area contributed by atoms with Crippen molar-refractivity contribution in [2.24, 2.45) is 0 Å². The number of hydrogen-bond acceptors (Lipinski definition) is 8. The van der Waals surface area contributed by atoms with Gasteiger partial charge in [0, 0.05) is 12.1 Å². The maximum atomic E-state index is 12.4. The molecular formula is C20H22N2O8. The van der Waals surface area contributed by atoms with E-state index in [0.717, 1.165) is 6.07 Å². The molecule has 0 saturated carbocycles. The predicted octanol–water partition coefficient (Wildman–Crippen LogP) is 3.19. The Morgan fingerprint density at radius 2 is 1.73 bits per heavy atom. The molecule has 0 aliphatic heterocycles. The van der Waals surface area contributed by atoms with E-state index < -0.39 is 22.9 Å². The standard InChI is InChI=1S/C20H22N2O8/c1-5-29-18-10-13(6-8-17(18)28-4)20(24)30-12(2)19(23)21-15-11-14(22(25)26)7-9-16(15)27-3/h6-12H,5H2,1-4H3,(H,21,23)/t12-/m0/s1. The molecular weight excluding hydrogens is 396 g/mol. The molecule has 0 aromatic heterocycles. The molecule has 160 valence electrons. The minimum atomic E-state index is -1.18. The monoisotopic (exact) mass is 418 g/mol. The van der Waals surface area contributed by atoms with Gasteiger partial charge in [0.25, 0.3) is 11.6 Å². The first-order chi connectivity index (χ1) is 14.3. The Balaban J connectivity index is 2.12. The summed E-state index contributed by atoms with van der Waals surface area (Å²) >= 11 is 0. The van der Waals surface area contributed by atoms with Crippen molar-refractivity contribution >= 4 is 23.3 Å². The summed E-state index contributed by atoms with van der Waals surface area (Å²) in [5.41, 5.74) is 0.0342. The van der Waals surface area contributed by atoms with E-state index in [2.05, 4.69) is 5.32 Å². The lowest BCUT2D eigenvalue weighted by Gasteiger charge is -2.16. The normalized spacial score (nSPS) is 11.2. The topological polar surface area (TPSA) is 126 Å². The Kier molecular flexibility index (Phi) is 7.56. The molecule has 0 aliphatic rings. The Bertz CT molecular complexity index is 944. The van der Waals surface area contributed by atoms with Crippen LogP contribution in [0, 0.1) is 10.1 Å². The van der Waals surface area contributed by atoms with Gasteiger partial charge in [-0.05, 0) is 38.1 Å². The van der Waals surface area contributed by atoms with Crippen LogP contribution in [-0.4, -0.2) is 43.7 Å². The number of nitro benzene ring substituents is 1. The number of nitrogens with zero attached hydrogens (tertiary/aromatic N) is 1. The average molecular weight is 418 g/mol. The van der Waals surface area contributed by atoms with Crippen molar-refractivity contribution in [2.45, 2.75) is 20.0 Å². The van der Waals surface area contributed by atoms with Gasteiger partial charge < -0.3 is 24.3 Å². The first-order valence-electron chi connectivity index (χ1n) is 8.95. The van der Waals surface area contributed by atoms with Crippen LogP contribution in [0.3, 0.4) is 0 Å². The number of rotatable bonds is 9. The lowest BCUT2D eigenvalue weighted by atomic mass is 10.2. The average Bonchev–Trinajstić information content (AvgIpc) is 2.73. The lowest BCUT2D eigenvalue weighted by molar-refractivity contribution is -0.384. The van der Waals surface area contributed by atoms with E-state index in [0.29, 0.717) is 18.1 Å². The van der Waals surface area contributed by atoms with Gasteiger partial charge in [-0.1, -0.05) is 0 Å². The van der Waals surface area contributed by atoms with Crippen molar-refractivity contribution in [3.05, 3.63) is 52.1 Å². The van der Waals surface area contributed by atoms with Gasteiger partial charge in [0.2, 0.25) is 0 Å². The molecule has 1 atom stereocenters. The number of carbonyl (C=O) groups is 2. The molecule has 30 heavy (non-hydrogen) atoms. The molecule has 10 nitrogen and oxygen atoms in total. The summed E-state index contributed by atoms with van der Waals surface area (Å²) in [6.07, 6.45) is -1.18. The third kappa shape index (κ3) is 5.37. The molecule has 0 unspecified atom stereocenters. The second-order valence-electron chi connectivity index (χ2n) is 5.98. The summed E-state index contributed by atoms with van der Waals surface area (Å²) in [6, 6.07) is 8.26. The quantitative estimate of drug-likeness (QED) is 0.374. The third-order valence-electron chi connectivity index (χ3n) is 4.00. The first-order valence-corrected chi connectivity index (χ1v) is 8.95. The molecule has 1 amide bonds. The number of nitro groups is 1. The van der Waals surface area contributed by atoms with Crippen LogP contribution in [0.1, 0.15) is 24.2 Å². The number of methoxy groups -OCH3 is 2. The maximum Gasteiger partial charge on any atom is 0.339 e. The summed E-state index contributed by atoms with van der Waals surface area (Å²) in [5.74, 6) is -0.373. The van der Waals surface area contributed by atoms with Crippen LogP contribution in [0.15, 0.2) is 36.4 Å². The number of hydrogen-bond donors (Lipinski definition) is 1. The number of benzene rings is 2. The SMILES string of the molecule is CCOc1cc(C(=O)O[C@@H](C)C(=O)Nc2cc([N+](=O)[O-])ccc2OC)ccc1OC. The highest BCUT2D eigenvalue weighted by Crippen LogP contribution is 2.30. The Morgan fingerprint density at radius 1 is 1.07 bits per heavy atom. The highest BCUT2D eigenvalue weighted by Gasteiger charge is 2.22. The molecule has 0 aliphatic carbocycles. The predicted molar refractivity (Wildman–Crippen MR) is 107 cm³/mol. The Morgan fingerprint density at radius 3 is 2.33 bits per heavy atom. The van der Waals surface area contributed by atoms with Gasteiger partial charge >= 0.3 is 5.97 Å². The van der Waals surface area contributed by atoms with E-state index in [-0.39, 0.29) is 22.7 Å². The van der Waals surface area contributed by atoms with Crippen molar-refractivity contribution in [1.82, 2.24) is 0 Å². The van der Waals surface area contributed by atoms with Crippen molar-refractivity contribution in [3.8, 4) is 17.2 Å². The molecule has 2 aromatic carbocycles. The van der Waals surface area contributed by atoms with Crippen molar-refractivity contribution in [1.29, 1.82) is 0 Å². The minimum absolute atomic E-state index is 0.0858. The zero-order valence-corrected chi connectivity index (χ0v) is 17.0. The smallest absolute Gasteiger partial charge is 0.339 e. The number of anilines is 1. The summed E-state index contributed by atoms with van der Waals surface area (Å²) < 4.78 is 20.9. The molecule has 2 aromatic rings. The molecule has 0 saturated heterocycles. The number of carbonyl (C=O) groups excluding carboxylic acids is 2. The van der Waals surface area contributed by atoms with Gasteiger partial charge in [0.15, 0.2) is 17.6 Å². The lowest BCUT2D eigenvalue weighted by Crippen LogP contribution is -2.30. The summed E-state index contributed by atoms with van der Waals surface area (Å²) in [6.45, 7) is 3.54. The molecule has 2 rings (SSSR count). The fourth-order valence-electron chi connectivity index (χ4n) is 2.50. The Labute approximate surface area is 172 Å². The van der Waals surface area contributed by atoms with Gasteiger partial charge in [-0.25, -0.2) is 4.79 Å². The zero-order valence-electron chi connectivity index (χ0n) is 17.0. The number of ether oxygens (including phenoxy) is 4. The van der Waals surface area contributed by atoms with E-state index in [1.54, 1.807) is 13.0 Å². The number of amides is 1. The molecule has 0 bridgehead atoms. The van der Waals surface area contributed by atoms with Crippen LogP contribution in [0.2, 0.25) is 0 Å². The molecule has 0 spiro atoms. The van der Waals surface area contributed by atoms with Crippen molar-refractivity contribution in [2.75, 3.05) is 26.1 Å². The van der Waals surface area contributed by atoms with E-state index in [4.69, 9.17) is 18.9 Å². The molecule has 1 N–H and O–H groups in total. The highest BCUT2D eigenvalue weighted by molar-refractivity contribution is 5.98. The fourth-order valence-corrected chi connectivity index (χ4v) is 2.50. The van der Waals surface area contributed by atoms with E-state index in [9.17, 15) is 19.7 Å². The van der Waals surface area contributed by atoms with Crippen LogP contribution in [0.5, 0.6) is 17.2 Å². The summed E-state index contributed by atoms with van der Waals surface area (Å²) in [7, 11) is 2.84. The van der Waals surface area contributed by atoms with Gasteiger partial charge in [0.05, 0.1) is 37.0 Å². The van der Waals surface area contributed by atoms with E-state index in [1.807, 2.05) is 0 Å². The van der Waals surface area contributed by atoms with Crippen LogP contribution in [0.25, 0.3) is 0 Å². The minimum Gasteiger partial charge on any atom is -0.495 e. The molecule has 0 fully saturated rings. The molecule has 0 heterocycles. The van der Waals surface area contributed by atoms with Crippen molar-refractivity contribution < 1.29 is 33.5 Å². The number of nitrogens with one attached hydrogen (secondary N) is 1. The van der Waals surface area contributed by atoms with Gasteiger partial charge in [-0.3, -0.25) is 14.9 Å². The van der Waals surface area contributed by atoms with Crippen LogP contribution >= 0.6 is 0 Å². The largest absolute Gasteiger partial charge is 0.495 e. The van der Waals surface area contributed by atoms with E-state index in [1.165, 1.54) is 45.4 Å². The van der Waals surface area contributed by atoms with Gasteiger partial charge in [0.1, 0.15) is 5.75 Å². The summed E-state index contributed by atoms with van der Waals surface area (Å²) in [4.78, 5) is 35.2. The fraction of sp³-hybridized carbons (Fsp3) is 0.300. The van der Waals surface area contributed by atoms with Crippen LogP contribution in [0.4, 0.5) is 11.4 Å². The summed E-state index contributed by atoms with van der Waals surface area (Å²) in [5, 5.41) is 13.4. The van der Waals surface area contributed by atoms with Gasteiger partial charge in [-0.2, -0.15) is 0 Å². The second kappa shape index (κ2) is 10.1. The highest BCUT2D eigenvalue weighted by atomic mass is 16.6. The Hall–Kier alpha value is -3.82. The van der Waals surface area contributed by atoms with Crippen LogP contribution in [-0.2, 0) is 9.53 Å². The first kappa shape index (κ1) is 22.5.